The number of hydrogen-bond donors (Lipinski definition) is 2. The predicted octanol–water partition coefficient (Wildman–Crippen LogP) is 1.71. The third kappa shape index (κ3) is 2.59. The van der Waals surface area contributed by atoms with Crippen molar-refractivity contribution in [2.24, 2.45) is 0 Å². The summed E-state index contributed by atoms with van der Waals surface area (Å²) < 4.78 is 15.2. The van der Waals surface area contributed by atoms with Gasteiger partial charge >= 0.3 is 5.97 Å². The first-order valence-electron chi connectivity index (χ1n) is 6.87. The molecular formula is C15H16N4O4. The van der Waals surface area contributed by atoms with Crippen LogP contribution in [0.2, 0.25) is 0 Å². The van der Waals surface area contributed by atoms with Crippen LogP contribution in [0.3, 0.4) is 0 Å². The Labute approximate surface area is 131 Å². The van der Waals surface area contributed by atoms with Crippen molar-refractivity contribution >= 4 is 33.7 Å². The van der Waals surface area contributed by atoms with Gasteiger partial charge < -0.3 is 24.5 Å². The zero-order valence-electron chi connectivity index (χ0n) is 13.0. The molecule has 0 atom stereocenters. The van der Waals surface area contributed by atoms with E-state index < -0.39 is 0 Å². The molecule has 0 saturated heterocycles. The molecule has 8 nitrogen and oxygen atoms in total. The molecule has 23 heavy (non-hydrogen) atoms. The zero-order chi connectivity index (χ0) is 16.4. The van der Waals surface area contributed by atoms with Crippen LogP contribution in [0.25, 0.3) is 21.9 Å². The lowest BCUT2D eigenvalue weighted by Gasteiger charge is -2.06. The van der Waals surface area contributed by atoms with Gasteiger partial charge in [-0.1, -0.05) is 0 Å². The van der Waals surface area contributed by atoms with Crippen molar-refractivity contribution in [1.29, 1.82) is 0 Å². The fraction of sp³-hybridized carbons (Fsp3) is 0.267. The highest BCUT2D eigenvalue weighted by molar-refractivity contribution is 6.09. The summed E-state index contributed by atoms with van der Waals surface area (Å²) in [7, 11) is 4.49. The van der Waals surface area contributed by atoms with Gasteiger partial charge in [-0.25, -0.2) is 9.97 Å². The average molecular weight is 316 g/mol. The number of ether oxygens (including phenoxy) is 3. The first kappa shape index (κ1) is 14.9. The van der Waals surface area contributed by atoms with Gasteiger partial charge in [-0.15, -0.1) is 0 Å². The van der Waals surface area contributed by atoms with Crippen molar-refractivity contribution in [2.75, 3.05) is 33.2 Å². The van der Waals surface area contributed by atoms with Crippen LogP contribution in [-0.4, -0.2) is 48.8 Å². The minimum Gasteiger partial charge on any atom is -0.493 e. The summed E-state index contributed by atoms with van der Waals surface area (Å²) >= 11 is 0. The lowest BCUT2D eigenvalue weighted by Crippen LogP contribution is -2.15. The number of benzene rings is 1. The number of methoxy groups -OCH3 is 3. The van der Waals surface area contributed by atoms with Crippen molar-refractivity contribution in [1.82, 2.24) is 15.0 Å². The van der Waals surface area contributed by atoms with E-state index in [1.807, 2.05) is 12.1 Å². The van der Waals surface area contributed by atoms with Crippen molar-refractivity contribution in [3.8, 4) is 11.5 Å². The number of rotatable bonds is 5. The molecule has 0 aliphatic carbocycles. The van der Waals surface area contributed by atoms with E-state index in [2.05, 4.69) is 25.0 Å². The number of fused-ring (bicyclic) bond motifs is 3. The number of aromatic amines is 1. The molecule has 3 rings (SSSR count). The lowest BCUT2D eigenvalue weighted by atomic mass is 10.2. The van der Waals surface area contributed by atoms with Crippen LogP contribution >= 0.6 is 0 Å². The molecule has 0 aliphatic rings. The van der Waals surface area contributed by atoms with Crippen LogP contribution in [0.4, 0.5) is 5.82 Å². The Morgan fingerprint density at radius 3 is 2.61 bits per heavy atom. The molecule has 0 aliphatic heterocycles. The van der Waals surface area contributed by atoms with E-state index in [-0.39, 0.29) is 12.5 Å². The van der Waals surface area contributed by atoms with E-state index in [0.717, 1.165) is 16.4 Å². The predicted molar refractivity (Wildman–Crippen MR) is 85.0 cm³/mol. The summed E-state index contributed by atoms with van der Waals surface area (Å²) in [5, 5.41) is 3.81. The molecule has 8 heteroatoms. The summed E-state index contributed by atoms with van der Waals surface area (Å²) in [5.74, 6) is 1.37. The Hall–Kier alpha value is -3.03. The maximum Gasteiger partial charge on any atom is 0.325 e. The van der Waals surface area contributed by atoms with Gasteiger partial charge in [0.25, 0.3) is 0 Å². The van der Waals surface area contributed by atoms with Gasteiger partial charge in [0, 0.05) is 11.5 Å². The Kier molecular flexibility index (Phi) is 3.88. The third-order valence-corrected chi connectivity index (χ3v) is 3.51. The quantitative estimate of drug-likeness (QED) is 0.691. The number of carbonyl (C=O) groups excluding carboxylic acids is 1. The Bertz CT molecular complexity index is 875. The smallest absolute Gasteiger partial charge is 0.325 e. The van der Waals surface area contributed by atoms with Crippen molar-refractivity contribution in [3.63, 3.8) is 0 Å². The minimum atomic E-state index is -0.379. The largest absolute Gasteiger partial charge is 0.493 e. The molecule has 2 aromatic heterocycles. The molecule has 0 saturated carbocycles. The number of nitrogens with zero attached hydrogens (tertiary/aromatic N) is 2. The first-order valence-corrected chi connectivity index (χ1v) is 6.87. The minimum absolute atomic E-state index is 0.0185. The molecule has 3 aromatic rings. The molecule has 0 radical (unpaired) electrons. The highest BCUT2D eigenvalue weighted by atomic mass is 16.5. The summed E-state index contributed by atoms with van der Waals surface area (Å²) in [6, 6.07) is 3.68. The number of esters is 1. The number of H-pyrrole nitrogens is 1. The Morgan fingerprint density at radius 2 is 1.91 bits per heavy atom. The van der Waals surface area contributed by atoms with Crippen LogP contribution in [0.5, 0.6) is 11.5 Å². The van der Waals surface area contributed by atoms with Crippen LogP contribution in [0.15, 0.2) is 18.5 Å². The summed E-state index contributed by atoms with van der Waals surface area (Å²) in [6.07, 6.45) is 1.44. The topological polar surface area (TPSA) is 98.4 Å². The van der Waals surface area contributed by atoms with Gasteiger partial charge in [-0.3, -0.25) is 4.79 Å². The maximum absolute atomic E-state index is 11.3. The van der Waals surface area contributed by atoms with Gasteiger partial charge in [0.05, 0.1) is 26.8 Å². The van der Waals surface area contributed by atoms with Crippen LogP contribution in [0, 0.1) is 0 Å². The molecule has 2 N–H and O–H groups in total. The Morgan fingerprint density at radius 1 is 1.17 bits per heavy atom. The normalized spacial score (nSPS) is 10.7. The standard InChI is InChI=1S/C15H16N4O4/c1-21-10-4-8-9(5-11(10)22-2)19-14-13(8)17-7-18-15(14)16-6-12(20)23-3/h4-5,7,19H,6H2,1-3H3,(H,16,17,18). The van der Waals surface area contributed by atoms with E-state index in [9.17, 15) is 4.79 Å². The number of anilines is 1. The van der Waals surface area contributed by atoms with Gasteiger partial charge in [-0.05, 0) is 6.07 Å². The monoisotopic (exact) mass is 316 g/mol. The van der Waals surface area contributed by atoms with E-state index in [4.69, 9.17) is 9.47 Å². The van der Waals surface area contributed by atoms with Gasteiger partial charge in [0.15, 0.2) is 17.3 Å². The number of aromatic nitrogens is 3. The number of nitrogens with one attached hydrogen (secondary N) is 2. The second-order valence-corrected chi connectivity index (χ2v) is 4.75. The number of hydrogen-bond acceptors (Lipinski definition) is 7. The number of carbonyl (C=O) groups is 1. The van der Waals surface area contributed by atoms with Crippen molar-refractivity contribution < 1.29 is 19.0 Å². The molecule has 0 bridgehead atoms. The zero-order valence-corrected chi connectivity index (χ0v) is 13.0. The fourth-order valence-corrected chi connectivity index (χ4v) is 2.38. The second kappa shape index (κ2) is 5.99. The highest BCUT2D eigenvalue weighted by Crippen LogP contribution is 2.36. The second-order valence-electron chi connectivity index (χ2n) is 4.75. The first-order chi connectivity index (χ1) is 11.2. The van der Waals surface area contributed by atoms with Crippen molar-refractivity contribution in [3.05, 3.63) is 18.5 Å². The summed E-state index contributed by atoms with van der Waals surface area (Å²) in [6.45, 7) is 0.0185. The molecular weight excluding hydrogens is 300 g/mol. The maximum atomic E-state index is 11.3. The van der Waals surface area contributed by atoms with E-state index in [1.165, 1.54) is 13.4 Å². The fourth-order valence-electron chi connectivity index (χ4n) is 2.38. The van der Waals surface area contributed by atoms with Gasteiger partial charge in [0.1, 0.15) is 23.9 Å². The molecule has 1 aromatic carbocycles. The van der Waals surface area contributed by atoms with Gasteiger partial charge in [0.2, 0.25) is 0 Å². The Balaban J connectivity index is 2.13. The lowest BCUT2D eigenvalue weighted by molar-refractivity contribution is -0.138. The molecule has 120 valence electrons. The third-order valence-electron chi connectivity index (χ3n) is 3.51. The molecule has 0 unspecified atom stereocenters. The van der Waals surface area contributed by atoms with Crippen LogP contribution in [0.1, 0.15) is 0 Å². The molecule has 0 spiro atoms. The summed E-state index contributed by atoms with van der Waals surface area (Å²) in [5.41, 5.74) is 2.25. The van der Waals surface area contributed by atoms with Gasteiger partial charge in [-0.2, -0.15) is 0 Å². The van der Waals surface area contributed by atoms with Crippen LogP contribution < -0.4 is 14.8 Å². The summed E-state index contributed by atoms with van der Waals surface area (Å²) in [4.78, 5) is 23.0. The average Bonchev–Trinajstić information content (AvgIpc) is 2.96. The highest BCUT2D eigenvalue weighted by Gasteiger charge is 2.15. The molecule has 0 amide bonds. The van der Waals surface area contributed by atoms with E-state index in [1.54, 1.807) is 14.2 Å². The van der Waals surface area contributed by atoms with E-state index >= 15 is 0 Å². The SMILES string of the molecule is COC(=O)CNc1ncnc2c1[nH]c1cc(OC)c(OC)cc12. The van der Waals surface area contributed by atoms with Crippen molar-refractivity contribution in [2.45, 2.75) is 0 Å². The molecule has 0 fully saturated rings. The molecule has 2 heterocycles. The van der Waals surface area contributed by atoms with Crippen LogP contribution in [-0.2, 0) is 9.53 Å². The van der Waals surface area contributed by atoms with E-state index in [0.29, 0.717) is 22.8 Å².